The van der Waals surface area contributed by atoms with Gasteiger partial charge in [0, 0.05) is 16.4 Å². The number of H-pyrrole nitrogens is 1. The molecule has 0 saturated carbocycles. The Balaban J connectivity index is 0.995. The van der Waals surface area contributed by atoms with Crippen LogP contribution in [0, 0.1) is 17.2 Å². The highest BCUT2D eigenvalue weighted by molar-refractivity contribution is 7.41. The molecule has 2 saturated heterocycles. The number of carbonyl (C=O) groups excluding carboxylic acids is 2. The molecule has 0 radical (unpaired) electrons. The van der Waals surface area contributed by atoms with Crippen molar-refractivity contribution in [2.45, 2.75) is 75.0 Å². The number of nitriles is 1. The van der Waals surface area contributed by atoms with Crippen LogP contribution in [0.1, 0.15) is 59.8 Å². The van der Waals surface area contributed by atoms with Gasteiger partial charge in [0.05, 0.1) is 71.3 Å². The summed E-state index contributed by atoms with van der Waals surface area (Å²) in [5.41, 5.74) is 9.69. The zero-order chi connectivity index (χ0) is 60.5. The maximum Gasteiger partial charge on any atom is 0.333 e. The summed E-state index contributed by atoms with van der Waals surface area (Å²) in [4.78, 5) is 77.1. The fraction of sp³-hybridized carbons (Fsp3) is 0.327. The van der Waals surface area contributed by atoms with Crippen molar-refractivity contribution in [3.8, 4) is 17.6 Å². The number of imidazole rings is 2. The molecular formula is C55H55FN14O14P2. The number of carbonyl (C=O) groups is 2. The molecule has 10 atom stereocenters. The maximum absolute atomic E-state index is 18.2. The van der Waals surface area contributed by atoms with E-state index in [9.17, 15) is 34.6 Å². The number of hydrogen-bond acceptors (Lipinski definition) is 20. The summed E-state index contributed by atoms with van der Waals surface area (Å²) in [5.74, 6) is -0.591. The number of nitrogens with one attached hydrogen (secondary N) is 3. The minimum absolute atomic E-state index is 0.0151. The van der Waals surface area contributed by atoms with Crippen LogP contribution in [0.15, 0.2) is 138 Å². The third-order valence-corrected chi connectivity index (χ3v) is 15.6. The Kier molecular flexibility index (Phi) is 19.1. The predicted molar refractivity (Wildman–Crippen MR) is 305 cm³/mol. The number of aromatic nitrogens is 8. The number of aromatic amines is 1. The van der Waals surface area contributed by atoms with Crippen LogP contribution in [0.3, 0.4) is 0 Å². The van der Waals surface area contributed by atoms with Crippen LogP contribution in [0.4, 0.5) is 16.2 Å². The SMILES string of the molecule is COc1ccc(C(OC[C@H]2O[C@@H](n3cnc4c(=O)[nH]c(NC(=O)C(C)C)nc43)[C@H](OP(OCCC#N)OC[C@H]3O[C@@H](n4cnc5c(NC(=O)c6ccccc6)ncnc54)[C@H](O[PH](=O)O)[C@@H]3N=[N+]=[N-])[C@@H]2F)(c2ccccc2)c2ccc(OC)cc2)cc1. The number of ether oxygens (including phenoxy) is 5. The van der Waals surface area contributed by atoms with Crippen molar-refractivity contribution in [2.24, 2.45) is 11.0 Å². The van der Waals surface area contributed by atoms with Gasteiger partial charge in [0.2, 0.25) is 11.9 Å². The number of anilines is 2. The summed E-state index contributed by atoms with van der Waals surface area (Å²) in [5, 5.41) is 18.8. The lowest BCUT2D eigenvalue weighted by Gasteiger charge is -2.37. The highest BCUT2D eigenvalue weighted by Crippen LogP contribution is 2.50. The van der Waals surface area contributed by atoms with Gasteiger partial charge in [-0.15, -0.1) is 0 Å². The zero-order valence-electron chi connectivity index (χ0n) is 46.1. The van der Waals surface area contributed by atoms with E-state index in [-0.39, 0.29) is 47.1 Å². The molecule has 4 N–H and O–H groups in total. The van der Waals surface area contributed by atoms with Gasteiger partial charge in [0.15, 0.2) is 46.8 Å². The van der Waals surface area contributed by atoms with Crippen LogP contribution in [0.2, 0.25) is 0 Å². The highest BCUT2D eigenvalue weighted by atomic mass is 31.2. The molecule has 31 heteroatoms. The largest absolute Gasteiger partial charge is 0.497 e. The summed E-state index contributed by atoms with van der Waals surface area (Å²) < 4.78 is 88.8. The Labute approximate surface area is 490 Å². The quantitative estimate of drug-likeness (QED) is 0.0105. The standard InChI is InChI=1S/C55H55FN14O14P2/c1-31(2)49(71)65-54-64-48-43(51(73)66-54)62-30-70(48)52-44(40(56)38(81-52)26-78-55(33-14-9-6-10-15-33,34-16-20-36(76-3)21-17-34)35-18-22-37(77-4)23-19-35)84-86(79-25-11-24-57)80-27-39-41(67-68-58)45(83-85(74)75)53(82-39)69-29-61-42-46(59-28-60-47(42)69)63-50(72)32-12-7-5-8-13-32/h5-10,12-23,28-31,38-41,44-45,52-53,85H,11,25-27H2,1-4H3,(H,74,75)(H,59,60,63,72)(H2,64,65,66,71,73)/t38-,39-,40-,41-,44-,45-,52-,53-,86?/m1/s1. The van der Waals surface area contributed by atoms with Gasteiger partial charge in [-0.2, -0.15) is 10.2 Å². The highest BCUT2D eigenvalue weighted by Gasteiger charge is 2.52. The summed E-state index contributed by atoms with van der Waals surface area (Å²) in [6, 6.07) is 32.5. The Morgan fingerprint density at radius 3 is 2.09 bits per heavy atom. The summed E-state index contributed by atoms with van der Waals surface area (Å²) in [6.07, 6.45) is -7.82. The first-order chi connectivity index (χ1) is 41.7. The molecular weight excluding hydrogens is 1160 g/mol. The summed E-state index contributed by atoms with van der Waals surface area (Å²) in [7, 11) is -3.53. The molecule has 2 aliphatic heterocycles. The van der Waals surface area contributed by atoms with Gasteiger partial charge in [0.25, 0.3) is 11.5 Å². The van der Waals surface area contributed by atoms with E-state index >= 15 is 4.39 Å². The Morgan fingerprint density at radius 2 is 1.47 bits per heavy atom. The average molecular weight is 1220 g/mol. The molecule has 10 rings (SSSR count). The van der Waals surface area contributed by atoms with Crippen molar-refractivity contribution in [3.63, 3.8) is 0 Å². The number of rotatable bonds is 25. The molecule has 6 heterocycles. The minimum atomic E-state index is -3.80. The minimum Gasteiger partial charge on any atom is -0.497 e. The molecule has 4 aromatic heterocycles. The van der Waals surface area contributed by atoms with Crippen LogP contribution in [-0.2, 0) is 47.3 Å². The molecule has 28 nitrogen and oxygen atoms in total. The van der Waals surface area contributed by atoms with Crippen molar-refractivity contribution in [2.75, 3.05) is 44.7 Å². The van der Waals surface area contributed by atoms with Crippen molar-refractivity contribution in [1.82, 2.24) is 39.0 Å². The van der Waals surface area contributed by atoms with Crippen molar-refractivity contribution < 1.29 is 65.2 Å². The molecule has 8 aromatic rings. The third kappa shape index (κ3) is 12.8. The molecule has 2 unspecified atom stereocenters. The van der Waals surface area contributed by atoms with E-state index in [1.54, 1.807) is 68.4 Å². The number of amides is 2. The second-order valence-electron chi connectivity index (χ2n) is 19.5. The lowest BCUT2D eigenvalue weighted by Crippen LogP contribution is -2.38. The molecule has 2 aliphatic rings. The number of methoxy groups -OCH3 is 2. The van der Waals surface area contributed by atoms with E-state index in [0.717, 1.165) is 6.33 Å². The number of nitrogens with zero attached hydrogens (tertiary/aromatic N) is 11. The number of alkyl halides is 1. The first-order valence-corrected chi connectivity index (χ1v) is 28.9. The van der Waals surface area contributed by atoms with Crippen LogP contribution in [-0.4, -0.2) is 126 Å². The fourth-order valence-electron chi connectivity index (χ4n) is 9.80. The Morgan fingerprint density at radius 1 is 0.849 bits per heavy atom. The first kappa shape index (κ1) is 60.5. The van der Waals surface area contributed by atoms with E-state index in [4.69, 9.17) is 41.8 Å². The second-order valence-corrected chi connectivity index (χ2v) is 21.5. The van der Waals surface area contributed by atoms with Crippen LogP contribution >= 0.6 is 16.9 Å². The number of benzene rings is 4. The average Bonchev–Trinajstić information content (AvgIpc) is 1.45. The van der Waals surface area contributed by atoms with Gasteiger partial charge in [-0.25, -0.2) is 24.3 Å². The maximum atomic E-state index is 18.2. The normalized spacial score (nSPS) is 21.0. The van der Waals surface area contributed by atoms with E-state index in [1.807, 2.05) is 60.7 Å². The Hall–Kier alpha value is -8.61. The van der Waals surface area contributed by atoms with E-state index < -0.39 is 108 Å². The fourth-order valence-corrected chi connectivity index (χ4v) is 11.4. The van der Waals surface area contributed by atoms with Crippen LogP contribution in [0.5, 0.6) is 11.5 Å². The first-order valence-electron chi connectivity index (χ1n) is 26.5. The number of halogens is 1. The Bertz CT molecular complexity index is 3810. The topological polar surface area (TPSA) is 358 Å². The van der Waals surface area contributed by atoms with Crippen LogP contribution < -0.4 is 25.7 Å². The van der Waals surface area contributed by atoms with Gasteiger partial charge in [-0.3, -0.25) is 38.4 Å². The van der Waals surface area contributed by atoms with Gasteiger partial charge in [-0.05, 0) is 58.6 Å². The number of azide groups is 1. The van der Waals surface area contributed by atoms with Crippen molar-refractivity contribution in [3.05, 3.63) is 171 Å². The monoisotopic (exact) mass is 1220 g/mol. The molecule has 0 spiro atoms. The summed E-state index contributed by atoms with van der Waals surface area (Å²) in [6.45, 7) is 1.89. The van der Waals surface area contributed by atoms with Gasteiger partial charge in [-0.1, -0.05) is 91.8 Å². The smallest absolute Gasteiger partial charge is 0.333 e. The lowest BCUT2D eigenvalue weighted by molar-refractivity contribution is -0.118. The molecule has 86 heavy (non-hydrogen) atoms. The zero-order valence-corrected chi connectivity index (χ0v) is 48.0. The van der Waals surface area contributed by atoms with E-state index in [1.165, 1.54) is 36.0 Å². The number of fused-ring (bicyclic) bond motifs is 2. The molecule has 0 aliphatic carbocycles. The van der Waals surface area contributed by atoms with Gasteiger partial charge in [0.1, 0.15) is 41.7 Å². The van der Waals surface area contributed by atoms with Crippen molar-refractivity contribution >= 4 is 62.8 Å². The van der Waals surface area contributed by atoms with Crippen molar-refractivity contribution in [1.29, 1.82) is 5.26 Å². The van der Waals surface area contributed by atoms with Crippen LogP contribution in [0.25, 0.3) is 32.8 Å². The lowest BCUT2D eigenvalue weighted by atomic mass is 9.80. The van der Waals surface area contributed by atoms with E-state index in [0.29, 0.717) is 33.8 Å². The predicted octanol–water partition coefficient (Wildman–Crippen LogP) is 7.97. The molecule has 4 aromatic carbocycles. The molecule has 0 bridgehead atoms. The van der Waals surface area contributed by atoms with Gasteiger partial charge < -0.3 is 52.0 Å². The molecule has 2 amide bonds. The molecule has 2 fully saturated rings. The second kappa shape index (κ2) is 27.2. The molecule has 446 valence electrons. The summed E-state index contributed by atoms with van der Waals surface area (Å²) >= 11 is 0. The van der Waals surface area contributed by atoms with E-state index in [2.05, 4.69) is 50.6 Å². The third-order valence-electron chi connectivity index (χ3n) is 14.0. The number of hydrogen-bond donors (Lipinski definition) is 4. The van der Waals surface area contributed by atoms with Gasteiger partial charge >= 0.3 is 16.9 Å².